The van der Waals surface area contributed by atoms with Crippen LogP contribution in [0.25, 0.3) is 0 Å². The van der Waals surface area contributed by atoms with Gasteiger partial charge < -0.3 is 26.2 Å². The molecule has 3 rings (SSSR count). The van der Waals surface area contributed by atoms with E-state index in [9.17, 15) is 14.4 Å². The molecule has 0 radical (unpaired) electrons. The Labute approximate surface area is 225 Å². The van der Waals surface area contributed by atoms with Crippen molar-refractivity contribution in [2.24, 2.45) is 0 Å². The lowest BCUT2D eigenvalue weighted by molar-refractivity contribution is -0.116. The molecule has 1 fully saturated rings. The number of amides is 3. The fraction of sp³-hybridized carbons (Fsp3) is 0.367. The molecule has 0 spiro atoms. The average Bonchev–Trinajstić information content (AvgIpc) is 2.92. The van der Waals surface area contributed by atoms with Crippen LogP contribution in [0.1, 0.15) is 62.7 Å². The second-order valence-corrected chi connectivity index (χ2v) is 9.43. The van der Waals surface area contributed by atoms with E-state index in [2.05, 4.69) is 39.3 Å². The molecular weight excluding hydrogens is 478 g/mol. The van der Waals surface area contributed by atoms with Gasteiger partial charge in [-0.2, -0.15) is 0 Å². The molecule has 1 aliphatic rings. The van der Waals surface area contributed by atoms with Crippen molar-refractivity contribution in [2.45, 2.75) is 58.4 Å². The standard InChI is InChI=1S/C30H39N5O3/c1-5-18-35(19-6-2)25-20-24(33-30(38)22-14-10-8-11-15-22)27(34-26(37)7-3)29(31-21(4)36)28(25)32-23-16-12-9-13-17-23/h5-6,8,10-11,14-15,20,23,32H,1-2,7,9,12-13,16-19H2,3-4H3,(H,31,36)(H,33,38)(H,34,37). The smallest absolute Gasteiger partial charge is 0.255 e. The molecule has 4 N–H and O–H groups in total. The third kappa shape index (κ3) is 7.47. The van der Waals surface area contributed by atoms with Crippen LogP contribution < -0.4 is 26.2 Å². The first kappa shape index (κ1) is 28.5. The number of nitrogens with zero attached hydrogens (tertiary/aromatic N) is 1. The van der Waals surface area contributed by atoms with Crippen LogP contribution in [0.2, 0.25) is 0 Å². The quantitative estimate of drug-likeness (QED) is 0.252. The summed E-state index contributed by atoms with van der Waals surface area (Å²) in [5.74, 6) is -0.860. The van der Waals surface area contributed by atoms with E-state index >= 15 is 0 Å². The number of benzene rings is 2. The number of carbonyl (C=O) groups excluding carboxylic acids is 3. The highest BCUT2D eigenvalue weighted by Gasteiger charge is 2.26. The normalized spacial score (nSPS) is 13.2. The summed E-state index contributed by atoms with van der Waals surface area (Å²) in [6.07, 6.45) is 9.27. The Balaban J connectivity index is 2.26. The molecule has 202 valence electrons. The number of hydrogen-bond acceptors (Lipinski definition) is 5. The van der Waals surface area contributed by atoms with Gasteiger partial charge in [-0.15, -0.1) is 13.2 Å². The lowest BCUT2D eigenvalue weighted by Gasteiger charge is -2.33. The van der Waals surface area contributed by atoms with Gasteiger partial charge in [-0.1, -0.05) is 56.5 Å². The first-order chi connectivity index (χ1) is 18.4. The number of carbonyl (C=O) groups is 3. The molecular formula is C30H39N5O3. The maximum Gasteiger partial charge on any atom is 0.255 e. The maximum absolute atomic E-state index is 13.2. The second-order valence-electron chi connectivity index (χ2n) is 9.43. The molecule has 8 heteroatoms. The highest BCUT2D eigenvalue weighted by Crippen LogP contribution is 2.46. The van der Waals surface area contributed by atoms with Crippen LogP contribution in [0.4, 0.5) is 28.4 Å². The van der Waals surface area contributed by atoms with Gasteiger partial charge in [0.15, 0.2) is 0 Å². The first-order valence-corrected chi connectivity index (χ1v) is 13.3. The van der Waals surface area contributed by atoms with Crippen LogP contribution in [0.5, 0.6) is 0 Å². The zero-order valence-corrected chi connectivity index (χ0v) is 22.4. The highest BCUT2D eigenvalue weighted by molar-refractivity contribution is 6.14. The van der Waals surface area contributed by atoms with Crippen LogP contribution in [0.15, 0.2) is 61.7 Å². The third-order valence-corrected chi connectivity index (χ3v) is 6.47. The second kappa shape index (κ2) is 14.0. The van der Waals surface area contributed by atoms with Crippen molar-refractivity contribution in [3.05, 3.63) is 67.3 Å². The van der Waals surface area contributed by atoms with E-state index in [0.717, 1.165) is 31.4 Å². The Kier molecular flexibility index (Phi) is 10.5. The maximum atomic E-state index is 13.2. The van der Waals surface area contributed by atoms with Crippen molar-refractivity contribution >= 4 is 46.2 Å². The summed E-state index contributed by atoms with van der Waals surface area (Å²) in [7, 11) is 0. The number of rotatable bonds is 12. The first-order valence-electron chi connectivity index (χ1n) is 13.3. The lowest BCUT2D eigenvalue weighted by atomic mass is 9.95. The summed E-state index contributed by atoms with van der Waals surface area (Å²) >= 11 is 0. The molecule has 2 aromatic rings. The van der Waals surface area contributed by atoms with E-state index in [1.807, 2.05) is 12.1 Å². The zero-order valence-electron chi connectivity index (χ0n) is 22.4. The monoisotopic (exact) mass is 517 g/mol. The molecule has 1 saturated carbocycles. The fourth-order valence-electron chi connectivity index (χ4n) is 4.64. The topological polar surface area (TPSA) is 103 Å². The lowest BCUT2D eigenvalue weighted by Crippen LogP contribution is -2.29. The van der Waals surface area contributed by atoms with Crippen molar-refractivity contribution in [3.8, 4) is 0 Å². The Morgan fingerprint density at radius 1 is 0.921 bits per heavy atom. The Bertz CT molecular complexity index is 1150. The molecule has 0 heterocycles. The van der Waals surface area contributed by atoms with E-state index in [-0.39, 0.29) is 30.2 Å². The summed E-state index contributed by atoms with van der Waals surface area (Å²) in [4.78, 5) is 40.4. The molecule has 0 unspecified atom stereocenters. The van der Waals surface area contributed by atoms with Gasteiger partial charge in [-0.05, 0) is 31.0 Å². The van der Waals surface area contributed by atoms with E-state index in [0.29, 0.717) is 41.4 Å². The van der Waals surface area contributed by atoms with Gasteiger partial charge in [-0.3, -0.25) is 14.4 Å². The minimum atomic E-state index is -0.329. The number of hydrogen-bond donors (Lipinski definition) is 4. The molecule has 0 saturated heterocycles. The van der Waals surface area contributed by atoms with Crippen LogP contribution >= 0.6 is 0 Å². The van der Waals surface area contributed by atoms with Gasteiger partial charge in [0.1, 0.15) is 0 Å². The van der Waals surface area contributed by atoms with Crippen LogP contribution in [0, 0.1) is 0 Å². The van der Waals surface area contributed by atoms with Crippen molar-refractivity contribution < 1.29 is 14.4 Å². The highest BCUT2D eigenvalue weighted by atomic mass is 16.2. The minimum absolute atomic E-state index is 0.212. The van der Waals surface area contributed by atoms with Crippen molar-refractivity contribution in [3.63, 3.8) is 0 Å². The third-order valence-electron chi connectivity index (χ3n) is 6.47. The van der Waals surface area contributed by atoms with Gasteiger partial charge in [0, 0.05) is 38.0 Å². The van der Waals surface area contributed by atoms with Gasteiger partial charge in [0.2, 0.25) is 11.8 Å². The van der Waals surface area contributed by atoms with Crippen molar-refractivity contribution in [2.75, 3.05) is 39.3 Å². The Morgan fingerprint density at radius 3 is 2.16 bits per heavy atom. The predicted molar refractivity (Wildman–Crippen MR) is 157 cm³/mol. The molecule has 8 nitrogen and oxygen atoms in total. The van der Waals surface area contributed by atoms with Crippen molar-refractivity contribution in [1.82, 2.24) is 0 Å². The fourth-order valence-corrected chi connectivity index (χ4v) is 4.64. The summed E-state index contributed by atoms with van der Waals surface area (Å²) < 4.78 is 0. The van der Waals surface area contributed by atoms with Gasteiger partial charge in [0.05, 0.1) is 28.4 Å². The largest absolute Gasteiger partial charge is 0.379 e. The van der Waals surface area contributed by atoms with Crippen LogP contribution in [-0.4, -0.2) is 36.9 Å². The van der Waals surface area contributed by atoms with E-state index < -0.39 is 0 Å². The average molecular weight is 518 g/mol. The van der Waals surface area contributed by atoms with Crippen LogP contribution in [-0.2, 0) is 9.59 Å². The molecule has 0 bridgehead atoms. The number of anilines is 5. The molecule has 0 aromatic heterocycles. The summed E-state index contributed by atoms with van der Waals surface area (Å²) in [6.45, 7) is 12.0. The minimum Gasteiger partial charge on any atom is -0.379 e. The van der Waals surface area contributed by atoms with Gasteiger partial charge in [0.25, 0.3) is 5.91 Å². The van der Waals surface area contributed by atoms with E-state index in [1.165, 1.54) is 13.3 Å². The summed E-state index contributed by atoms with van der Waals surface area (Å²) in [5, 5.41) is 12.5. The predicted octanol–water partition coefficient (Wildman–Crippen LogP) is 6.17. The Hall–Kier alpha value is -4.07. The van der Waals surface area contributed by atoms with Crippen molar-refractivity contribution in [1.29, 1.82) is 0 Å². The molecule has 38 heavy (non-hydrogen) atoms. The Morgan fingerprint density at radius 2 is 1.58 bits per heavy atom. The van der Waals surface area contributed by atoms with Gasteiger partial charge >= 0.3 is 0 Å². The molecule has 1 aliphatic carbocycles. The van der Waals surface area contributed by atoms with E-state index in [4.69, 9.17) is 0 Å². The molecule has 2 aromatic carbocycles. The molecule has 0 atom stereocenters. The summed E-state index contributed by atoms with van der Waals surface area (Å²) in [6, 6.07) is 10.9. The van der Waals surface area contributed by atoms with Gasteiger partial charge in [-0.25, -0.2) is 0 Å². The SMILES string of the molecule is C=CCN(CC=C)c1cc(NC(=O)c2ccccc2)c(NC(=O)CC)c(NC(C)=O)c1NC1CCCCC1. The van der Waals surface area contributed by atoms with E-state index in [1.54, 1.807) is 43.3 Å². The zero-order chi connectivity index (χ0) is 27.5. The molecule has 0 aliphatic heterocycles. The number of nitrogens with one attached hydrogen (secondary N) is 4. The summed E-state index contributed by atoms with van der Waals surface area (Å²) in [5.41, 5.74) is 3.07. The molecule has 3 amide bonds. The van der Waals surface area contributed by atoms with Crippen LogP contribution in [0.3, 0.4) is 0 Å².